The van der Waals surface area contributed by atoms with Crippen molar-refractivity contribution in [3.63, 3.8) is 0 Å². The Balaban J connectivity index is 0.00000208. The molecule has 2 aromatic rings. The first-order chi connectivity index (χ1) is 11.0. The largest absolute Gasteiger partial charge is 0.349 e. The number of amides is 1. The Morgan fingerprint density at radius 2 is 1.96 bits per heavy atom. The van der Waals surface area contributed by atoms with Crippen LogP contribution in [0.2, 0.25) is 10.0 Å². The minimum Gasteiger partial charge on any atom is -0.349 e. The Labute approximate surface area is 156 Å². The minimum absolute atomic E-state index is 0. The Kier molecular flexibility index (Phi) is 6.52. The summed E-state index contributed by atoms with van der Waals surface area (Å²) >= 11 is 12.1. The molecule has 0 unspecified atom stereocenters. The molecule has 1 fully saturated rings. The van der Waals surface area contributed by atoms with Crippen LogP contribution in [0.1, 0.15) is 36.0 Å². The number of rotatable bonds is 3. The van der Waals surface area contributed by atoms with E-state index in [1.165, 1.54) is 6.20 Å². The van der Waals surface area contributed by atoms with Crippen LogP contribution in [0, 0.1) is 0 Å². The molecule has 0 radical (unpaired) electrons. The van der Waals surface area contributed by atoms with Crippen molar-refractivity contribution in [1.82, 2.24) is 15.1 Å². The molecule has 1 aromatic heterocycles. The molecule has 0 atom stereocenters. The van der Waals surface area contributed by atoms with Gasteiger partial charge in [-0.05, 0) is 43.9 Å². The summed E-state index contributed by atoms with van der Waals surface area (Å²) < 4.78 is 1.57. The van der Waals surface area contributed by atoms with E-state index in [1.807, 2.05) is 0 Å². The first-order valence-corrected chi connectivity index (χ1v) is 8.35. The number of aromatic nitrogens is 2. The van der Waals surface area contributed by atoms with Gasteiger partial charge in [-0.15, -0.1) is 12.4 Å². The Morgan fingerprint density at radius 1 is 1.25 bits per heavy atom. The highest BCUT2D eigenvalue weighted by Crippen LogP contribution is 2.24. The SMILES string of the molecule is Cl.NC1CCC(NC(=O)c2cnn(-c3ccc(Cl)cc3Cl)c2)CC1. The van der Waals surface area contributed by atoms with E-state index in [4.69, 9.17) is 28.9 Å². The minimum atomic E-state index is -0.123. The topological polar surface area (TPSA) is 72.9 Å². The normalized spacial score (nSPS) is 20.3. The number of hydrogen-bond donors (Lipinski definition) is 2. The molecule has 1 saturated carbocycles. The average Bonchev–Trinajstić information content (AvgIpc) is 2.99. The Morgan fingerprint density at radius 3 is 2.62 bits per heavy atom. The molecule has 3 N–H and O–H groups in total. The molecule has 1 amide bonds. The zero-order valence-electron chi connectivity index (χ0n) is 12.9. The Hall–Kier alpha value is -1.27. The summed E-state index contributed by atoms with van der Waals surface area (Å²) in [6, 6.07) is 5.59. The number of nitrogens with two attached hydrogens (primary N) is 1. The van der Waals surface area contributed by atoms with E-state index in [-0.39, 0.29) is 30.4 Å². The molecule has 5 nitrogen and oxygen atoms in total. The average molecular weight is 390 g/mol. The van der Waals surface area contributed by atoms with Gasteiger partial charge >= 0.3 is 0 Å². The van der Waals surface area contributed by atoms with E-state index < -0.39 is 0 Å². The van der Waals surface area contributed by atoms with Crippen molar-refractivity contribution in [2.45, 2.75) is 37.8 Å². The predicted molar refractivity (Wildman–Crippen MR) is 98.5 cm³/mol. The molecular formula is C16H19Cl3N4O. The third-order valence-electron chi connectivity index (χ3n) is 4.11. The number of nitrogens with one attached hydrogen (secondary N) is 1. The summed E-state index contributed by atoms with van der Waals surface area (Å²) in [6.07, 6.45) is 6.94. The number of carbonyl (C=O) groups is 1. The molecule has 1 aromatic carbocycles. The zero-order valence-corrected chi connectivity index (χ0v) is 15.2. The molecule has 1 aliphatic carbocycles. The monoisotopic (exact) mass is 388 g/mol. The van der Waals surface area contributed by atoms with Crippen LogP contribution in [0.4, 0.5) is 0 Å². The lowest BCUT2D eigenvalue weighted by molar-refractivity contribution is 0.0926. The maximum Gasteiger partial charge on any atom is 0.254 e. The highest BCUT2D eigenvalue weighted by atomic mass is 35.5. The van der Waals surface area contributed by atoms with Crippen molar-refractivity contribution in [3.05, 3.63) is 46.2 Å². The number of benzene rings is 1. The highest BCUT2D eigenvalue weighted by molar-refractivity contribution is 6.35. The summed E-state index contributed by atoms with van der Waals surface area (Å²) in [4.78, 5) is 12.3. The van der Waals surface area contributed by atoms with Crippen molar-refractivity contribution < 1.29 is 4.79 Å². The first kappa shape index (κ1) is 19.1. The standard InChI is InChI=1S/C16H18Cl2N4O.ClH/c17-11-1-6-15(14(18)7-11)22-9-10(8-20-22)16(23)21-13-4-2-12(19)3-5-13;/h1,6-9,12-13H,2-5,19H2,(H,21,23);1H. The third kappa shape index (κ3) is 4.42. The van der Waals surface area contributed by atoms with Crippen molar-refractivity contribution in [2.24, 2.45) is 5.73 Å². The van der Waals surface area contributed by atoms with E-state index >= 15 is 0 Å². The predicted octanol–water partition coefficient (Wildman–Crippen LogP) is 3.60. The molecule has 24 heavy (non-hydrogen) atoms. The number of nitrogens with zero attached hydrogens (tertiary/aromatic N) is 2. The quantitative estimate of drug-likeness (QED) is 0.842. The van der Waals surface area contributed by atoms with Crippen LogP contribution in [0.15, 0.2) is 30.6 Å². The van der Waals surface area contributed by atoms with Crippen LogP contribution in [-0.4, -0.2) is 27.8 Å². The zero-order chi connectivity index (χ0) is 16.4. The lowest BCUT2D eigenvalue weighted by Crippen LogP contribution is -2.40. The lowest BCUT2D eigenvalue weighted by atomic mass is 9.92. The van der Waals surface area contributed by atoms with E-state index in [0.717, 1.165) is 25.7 Å². The van der Waals surface area contributed by atoms with Gasteiger partial charge in [-0.2, -0.15) is 5.10 Å². The second-order valence-electron chi connectivity index (χ2n) is 5.85. The van der Waals surface area contributed by atoms with Gasteiger partial charge < -0.3 is 11.1 Å². The number of carbonyl (C=O) groups excluding carboxylic acids is 1. The van der Waals surface area contributed by atoms with Crippen LogP contribution in [0.25, 0.3) is 5.69 Å². The van der Waals surface area contributed by atoms with Gasteiger partial charge in [0.05, 0.1) is 22.5 Å². The lowest BCUT2D eigenvalue weighted by Gasteiger charge is -2.26. The van der Waals surface area contributed by atoms with Gasteiger partial charge in [0, 0.05) is 23.3 Å². The maximum absolute atomic E-state index is 12.3. The molecule has 3 rings (SSSR count). The van der Waals surface area contributed by atoms with Crippen molar-refractivity contribution in [1.29, 1.82) is 0 Å². The number of halogens is 3. The van der Waals surface area contributed by atoms with Gasteiger partial charge in [-0.25, -0.2) is 4.68 Å². The molecule has 130 valence electrons. The summed E-state index contributed by atoms with van der Waals surface area (Å²) in [6.45, 7) is 0. The van der Waals surface area contributed by atoms with Gasteiger partial charge in [0.1, 0.15) is 0 Å². The summed E-state index contributed by atoms with van der Waals surface area (Å²) in [7, 11) is 0. The molecule has 1 heterocycles. The summed E-state index contributed by atoms with van der Waals surface area (Å²) in [5.41, 5.74) is 7.07. The molecule has 0 spiro atoms. The second-order valence-corrected chi connectivity index (χ2v) is 6.70. The van der Waals surface area contributed by atoms with Gasteiger partial charge in [0.2, 0.25) is 0 Å². The second kappa shape index (κ2) is 8.21. The third-order valence-corrected chi connectivity index (χ3v) is 4.65. The fraction of sp³-hybridized carbons (Fsp3) is 0.375. The van der Waals surface area contributed by atoms with Gasteiger partial charge in [-0.3, -0.25) is 4.79 Å². The van der Waals surface area contributed by atoms with Crippen molar-refractivity contribution in [2.75, 3.05) is 0 Å². The van der Waals surface area contributed by atoms with E-state index in [0.29, 0.717) is 21.3 Å². The summed E-state index contributed by atoms with van der Waals surface area (Å²) in [5.74, 6) is -0.123. The molecular weight excluding hydrogens is 371 g/mol. The van der Waals surface area contributed by atoms with Gasteiger partial charge in [-0.1, -0.05) is 23.2 Å². The fourth-order valence-electron chi connectivity index (χ4n) is 2.77. The van der Waals surface area contributed by atoms with E-state index in [2.05, 4.69) is 10.4 Å². The van der Waals surface area contributed by atoms with Crippen LogP contribution in [-0.2, 0) is 0 Å². The molecule has 0 aliphatic heterocycles. The van der Waals surface area contributed by atoms with E-state index in [1.54, 1.807) is 29.1 Å². The van der Waals surface area contributed by atoms with Crippen molar-refractivity contribution >= 4 is 41.5 Å². The first-order valence-electron chi connectivity index (χ1n) is 7.59. The molecule has 1 aliphatic rings. The molecule has 0 bridgehead atoms. The Bertz CT molecular complexity index is 711. The molecule has 0 saturated heterocycles. The summed E-state index contributed by atoms with van der Waals surface area (Å²) in [5, 5.41) is 8.29. The molecule has 8 heteroatoms. The highest BCUT2D eigenvalue weighted by Gasteiger charge is 2.21. The van der Waals surface area contributed by atoms with Crippen LogP contribution in [0.5, 0.6) is 0 Å². The van der Waals surface area contributed by atoms with Crippen LogP contribution in [0.3, 0.4) is 0 Å². The van der Waals surface area contributed by atoms with Crippen LogP contribution < -0.4 is 11.1 Å². The van der Waals surface area contributed by atoms with Gasteiger partial charge in [0.15, 0.2) is 0 Å². The van der Waals surface area contributed by atoms with Crippen molar-refractivity contribution in [3.8, 4) is 5.69 Å². The fourth-order valence-corrected chi connectivity index (χ4v) is 3.27. The maximum atomic E-state index is 12.3. The number of hydrogen-bond acceptors (Lipinski definition) is 3. The smallest absolute Gasteiger partial charge is 0.254 e. The van der Waals surface area contributed by atoms with E-state index in [9.17, 15) is 4.79 Å². The van der Waals surface area contributed by atoms with Gasteiger partial charge in [0.25, 0.3) is 5.91 Å². The van der Waals surface area contributed by atoms with Crippen LogP contribution >= 0.6 is 35.6 Å².